The lowest BCUT2D eigenvalue weighted by Crippen LogP contribution is -2.18. The van der Waals surface area contributed by atoms with Crippen LogP contribution in [0.25, 0.3) is 0 Å². The summed E-state index contributed by atoms with van der Waals surface area (Å²) in [5, 5.41) is 12.6. The highest BCUT2D eigenvalue weighted by Gasteiger charge is 2.27. The summed E-state index contributed by atoms with van der Waals surface area (Å²) in [7, 11) is -3.81. The van der Waals surface area contributed by atoms with E-state index in [2.05, 4.69) is 9.71 Å². The molecule has 33 heavy (non-hydrogen) atoms. The van der Waals surface area contributed by atoms with Crippen molar-refractivity contribution in [1.82, 2.24) is 4.98 Å². The van der Waals surface area contributed by atoms with Gasteiger partial charge in [0, 0.05) is 29.0 Å². The minimum atomic E-state index is -3.81. The molecule has 3 aromatic rings. The van der Waals surface area contributed by atoms with Crippen molar-refractivity contribution in [2.24, 2.45) is 0 Å². The highest BCUT2D eigenvalue weighted by molar-refractivity contribution is 7.92. The maximum Gasteiger partial charge on any atom is 0.343 e. The van der Waals surface area contributed by atoms with Crippen LogP contribution in [-0.4, -0.2) is 18.5 Å². The first-order chi connectivity index (χ1) is 15.9. The van der Waals surface area contributed by atoms with Gasteiger partial charge in [-0.05, 0) is 43.4 Å². The molecule has 0 radical (unpaired) electrons. The summed E-state index contributed by atoms with van der Waals surface area (Å²) in [6, 6.07) is 6.94. The van der Waals surface area contributed by atoms with Crippen molar-refractivity contribution >= 4 is 27.0 Å². The number of benzene rings is 1. The second kappa shape index (κ2) is 10.1. The number of hydrogen-bond acceptors (Lipinski definition) is 7. The Kier molecular flexibility index (Phi) is 7.19. The molecule has 1 aliphatic rings. The average Bonchev–Trinajstić information content (AvgIpc) is 3.30. The summed E-state index contributed by atoms with van der Waals surface area (Å²) in [6.07, 6.45) is 6.79. The molecular formula is C24H28N2O5S2. The number of rotatable bonds is 7. The first-order valence-corrected chi connectivity index (χ1v) is 13.7. The van der Waals surface area contributed by atoms with E-state index in [0.29, 0.717) is 30.7 Å². The van der Waals surface area contributed by atoms with Crippen LogP contribution in [0, 0.1) is 0 Å². The molecule has 2 aromatic heterocycles. The number of fused-ring (bicyclic) bond motifs is 1. The molecule has 1 unspecified atom stereocenters. The third kappa shape index (κ3) is 5.14. The maximum atomic E-state index is 13.0. The Morgan fingerprint density at radius 2 is 2.00 bits per heavy atom. The van der Waals surface area contributed by atoms with E-state index >= 15 is 0 Å². The van der Waals surface area contributed by atoms with E-state index in [4.69, 9.17) is 4.42 Å². The normalized spacial score (nSPS) is 15.3. The third-order valence-electron chi connectivity index (χ3n) is 6.05. The lowest BCUT2D eigenvalue weighted by Gasteiger charge is -2.21. The van der Waals surface area contributed by atoms with Crippen molar-refractivity contribution in [3.05, 3.63) is 68.0 Å². The standard InChI is InChI=1S/C24H28N2O5S2/c1-2-8-18(22-23(27)19-11-5-3-4-6-12-20(19)31-24(22)28)16-9-7-10-17(13-16)26-33(29,30)21-14-32-15-25-21/h7,9-10,13-15,18,26-27H,2-6,8,11-12H2,1H3. The predicted molar refractivity (Wildman–Crippen MR) is 129 cm³/mol. The van der Waals surface area contributed by atoms with Crippen LogP contribution >= 0.6 is 11.3 Å². The van der Waals surface area contributed by atoms with Gasteiger partial charge in [-0.15, -0.1) is 11.3 Å². The molecule has 0 amide bonds. The molecule has 0 saturated carbocycles. The van der Waals surface area contributed by atoms with E-state index in [1.165, 1.54) is 22.2 Å². The Morgan fingerprint density at radius 3 is 2.73 bits per heavy atom. The van der Waals surface area contributed by atoms with Crippen LogP contribution < -0.4 is 10.3 Å². The summed E-state index contributed by atoms with van der Waals surface area (Å²) in [5.74, 6) is 0.224. The summed E-state index contributed by atoms with van der Waals surface area (Å²) >= 11 is 1.20. The first kappa shape index (κ1) is 23.5. The molecule has 0 saturated heterocycles. The number of aryl methyl sites for hydroxylation is 1. The van der Waals surface area contributed by atoms with E-state index in [-0.39, 0.29) is 16.3 Å². The summed E-state index contributed by atoms with van der Waals surface area (Å²) < 4.78 is 33.5. The molecule has 2 heterocycles. The van der Waals surface area contributed by atoms with Gasteiger partial charge in [0.05, 0.1) is 11.1 Å². The topological polar surface area (TPSA) is 110 Å². The van der Waals surface area contributed by atoms with Crippen LogP contribution in [0.15, 0.2) is 49.4 Å². The van der Waals surface area contributed by atoms with Crippen LogP contribution in [-0.2, 0) is 22.9 Å². The number of anilines is 1. The second-order valence-electron chi connectivity index (χ2n) is 8.37. The third-order valence-corrected chi connectivity index (χ3v) is 8.06. The number of thiazole rings is 1. The van der Waals surface area contributed by atoms with E-state index < -0.39 is 21.6 Å². The summed E-state index contributed by atoms with van der Waals surface area (Å²) in [6.45, 7) is 2.01. The van der Waals surface area contributed by atoms with Gasteiger partial charge in [0.15, 0.2) is 5.03 Å². The molecule has 9 heteroatoms. The summed E-state index contributed by atoms with van der Waals surface area (Å²) in [5.41, 5.74) is 3.06. The minimum absolute atomic E-state index is 0.0371. The Bertz CT molecular complexity index is 1270. The predicted octanol–water partition coefficient (Wildman–Crippen LogP) is 5.19. The number of nitrogens with zero attached hydrogens (tertiary/aromatic N) is 1. The lowest BCUT2D eigenvalue weighted by molar-refractivity contribution is 0.383. The van der Waals surface area contributed by atoms with Gasteiger partial charge < -0.3 is 9.52 Å². The van der Waals surface area contributed by atoms with Crippen LogP contribution in [0.4, 0.5) is 5.69 Å². The molecule has 0 bridgehead atoms. The van der Waals surface area contributed by atoms with E-state index in [0.717, 1.165) is 43.2 Å². The zero-order valence-electron chi connectivity index (χ0n) is 18.5. The van der Waals surface area contributed by atoms with Gasteiger partial charge in [-0.1, -0.05) is 38.3 Å². The van der Waals surface area contributed by atoms with E-state index in [1.54, 1.807) is 18.2 Å². The number of sulfonamides is 1. The zero-order chi connectivity index (χ0) is 23.4. The average molecular weight is 489 g/mol. The molecule has 7 nitrogen and oxygen atoms in total. The molecule has 0 spiro atoms. The van der Waals surface area contributed by atoms with Crippen molar-refractivity contribution in [1.29, 1.82) is 0 Å². The fraction of sp³-hybridized carbons (Fsp3) is 0.417. The number of nitrogens with one attached hydrogen (secondary N) is 1. The molecule has 0 aliphatic heterocycles. The summed E-state index contributed by atoms with van der Waals surface area (Å²) in [4.78, 5) is 16.9. The van der Waals surface area contributed by atoms with Crippen molar-refractivity contribution < 1.29 is 17.9 Å². The van der Waals surface area contributed by atoms with Crippen molar-refractivity contribution in [2.75, 3.05) is 4.72 Å². The van der Waals surface area contributed by atoms with E-state index in [1.807, 2.05) is 13.0 Å². The second-order valence-corrected chi connectivity index (χ2v) is 10.7. The molecular weight excluding hydrogens is 460 g/mol. The molecule has 1 atom stereocenters. The minimum Gasteiger partial charge on any atom is -0.507 e. The largest absolute Gasteiger partial charge is 0.507 e. The van der Waals surface area contributed by atoms with Gasteiger partial charge in [-0.2, -0.15) is 8.42 Å². The van der Waals surface area contributed by atoms with Crippen LogP contribution in [0.5, 0.6) is 5.75 Å². The molecule has 2 N–H and O–H groups in total. The highest BCUT2D eigenvalue weighted by atomic mass is 32.2. The zero-order valence-corrected chi connectivity index (χ0v) is 20.2. The van der Waals surface area contributed by atoms with Crippen molar-refractivity contribution in [3.63, 3.8) is 0 Å². The van der Waals surface area contributed by atoms with Crippen molar-refractivity contribution in [2.45, 2.75) is 69.2 Å². The smallest absolute Gasteiger partial charge is 0.343 e. The Labute approximate surface area is 197 Å². The first-order valence-electron chi connectivity index (χ1n) is 11.3. The van der Waals surface area contributed by atoms with Gasteiger partial charge >= 0.3 is 5.63 Å². The van der Waals surface area contributed by atoms with Gasteiger partial charge in [0.25, 0.3) is 10.0 Å². The Balaban J connectivity index is 1.73. The molecule has 1 aliphatic carbocycles. The Morgan fingerprint density at radius 1 is 1.21 bits per heavy atom. The highest BCUT2D eigenvalue weighted by Crippen LogP contribution is 2.38. The molecule has 176 valence electrons. The monoisotopic (exact) mass is 488 g/mol. The van der Waals surface area contributed by atoms with Crippen molar-refractivity contribution in [3.8, 4) is 5.75 Å². The number of aromatic hydroxyl groups is 1. The quantitative estimate of drug-likeness (QED) is 0.473. The molecule has 1 aromatic carbocycles. The van der Waals surface area contributed by atoms with Crippen LogP contribution in [0.1, 0.15) is 73.8 Å². The van der Waals surface area contributed by atoms with Gasteiger partial charge in [0.2, 0.25) is 0 Å². The van der Waals surface area contributed by atoms with Crippen LogP contribution in [0.2, 0.25) is 0 Å². The number of aromatic nitrogens is 1. The fourth-order valence-corrected chi connectivity index (χ4v) is 6.34. The van der Waals surface area contributed by atoms with Gasteiger partial charge in [0.1, 0.15) is 11.5 Å². The fourth-order valence-electron chi connectivity index (χ4n) is 4.45. The van der Waals surface area contributed by atoms with Gasteiger partial charge in [-0.25, -0.2) is 9.78 Å². The maximum absolute atomic E-state index is 13.0. The van der Waals surface area contributed by atoms with Gasteiger partial charge in [-0.3, -0.25) is 4.72 Å². The van der Waals surface area contributed by atoms with Crippen LogP contribution in [0.3, 0.4) is 0 Å². The Hall–Kier alpha value is -2.65. The SMILES string of the molecule is CCCC(c1cccc(NS(=O)(=O)c2cscn2)c1)c1c(O)c2c(oc1=O)CCCCCC2. The molecule has 4 rings (SSSR count). The molecule has 0 fully saturated rings. The number of hydrogen-bond donors (Lipinski definition) is 2. The van der Waals surface area contributed by atoms with E-state index in [9.17, 15) is 18.3 Å². The lowest BCUT2D eigenvalue weighted by atomic mass is 9.85.